The van der Waals surface area contributed by atoms with Crippen molar-refractivity contribution in [2.24, 2.45) is 21.6 Å². The number of nitrogens with two attached hydrogens (primary N) is 1. The molecule has 0 spiro atoms. The normalized spacial score (nSPS) is 20.8. The van der Waals surface area contributed by atoms with Crippen LogP contribution in [0.1, 0.15) is 20.3 Å². The fraction of sp³-hybridized carbons (Fsp3) is 0.706. The second-order valence-corrected chi connectivity index (χ2v) is 6.96. The summed E-state index contributed by atoms with van der Waals surface area (Å²) in [6, 6.07) is -2.53. The van der Waals surface area contributed by atoms with E-state index in [4.69, 9.17) is 15.6 Å². The summed E-state index contributed by atoms with van der Waals surface area (Å²) in [4.78, 5) is 44.2. The molecule has 0 aliphatic carbocycles. The first-order valence-corrected chi connectivity index (χ1v) is 9.03. The number of aliphatic imine (C=N–C) groups is 2. The van der Waals surface area contributed by atoms with Gasteiger partial charge >= 0.3 is 5.97 Å². The lowest BCUT2D eigenvalue weighted by Crippen LogP contribution is -2.52. The molecule has 164 valence electrons. The molecule has 1 heterocycles. The van der Waals surface area contributed by atoms with Gasteiger partial charge in [0.15, 0.2) is 6.61 Å². The number of aliphatic hydroxyl groups excluding tert-OH is 4. The van der Waals surface area contributed by atoms with Gasteiger partial charge in [-0.05, 0) is 5.92 Å². The summed E-state index contributed by atoms with van der Waals surface area (Å²) >= 11 is 0. The number of ether oxygens (including phenoxy) is 1. The van der Waals surface area contributed by atoms with E-state index in [0.29, 0.717) is 0 Å². The zero-order valence-corrected chi connectivity index (χ0v) is 16.2. The number of carbonyl (C=O) groups is 3. The van der Waals surface area contributed by atoms with Gasteiger partial charge in [-0.3, -0.25) is 14.6 Å². The van der Waals surface area contributed by atoms with Gasteiger partial charge in [0.25, 0.3) is 0 Å². The van der Waals surface area contributed by atoms with Gasteiger partial charge < -0.3 is 36.2 Å². The summed E-state index contributed by atoms with van der Waals surface area (Å²) in [5.74, 6) is -2.84. The molecule has 1 aliphatic heterocycles. The Balaban J connectivity index is 2.72. The molecule has 12 nitrogen and oxygen atoms in total. The molecule has 7 N–H and O–H groups in total. The van der Waals surface area contributed by atoms with E-state index in [1.807, 2.05) is 0 Å². The summed E-state index contributed by atoms with van der Waals surface area (Å²) in [5.41, 5.74) is 5.77. The van der Waals surface area contributed by atoms with Gasteiger partial charge in [0.05, 0.1) is 18.7 Å². The van der Waals surface area contributed by atoms with Crippen LogP contribution < -0.4 is 11.1 Å². The molecule has 0 aromatic rings. The highest BCUT2D eigenvalue weighted by atomic mass is 16.5. The highest BCUT2D eigenvalue weighted by molar-refractivity contribution is 5.91. The van der Waals surface area contributed by atoms with Crippen LogP contribution in [0.15, 0.2) is 9.98 Å². The molecule has 12 heteroatoms. The van der Waals surface area contributed by atoms with Crippen LogP contribution in [0, 0.1) is 5.92 Å². The minimum absolute atomic E-state index is 0.0119. The van der Waals surface area contributed by atoms with Gasteiger partial charge in [-0.1, -0.05) is 13.8 Å². The number of Topliss-reactive ketones (excluding diaryl/α,β-unsaturated/α-hetero) is 1. The van der Waals surface area contributed by atoms with Gasteiger partial charge in [0.2, 0.25) is 11.7 Å². The van der Waals surface area contributed by atoms with E-state index in [0.717, 1.165) is 0 Å². The lowest BCUT2D eigenvalue weighted by atomic mass is 10.0. The van der Waals surface area contributed by atoms with Crippen LogP contribution >= 0.6 is 0 Å². The number of esters is 1. The predicted molar refractivity (Wildman–Crippen MR) is 101 cm³/mol. The van der Waals surface area contributed by atoms with Crippen molar-refractivity contribution < 1.29 is 39.5 Å². The Morgan fingerprint density at radius 2 is 1.90 bits per heavy atom. The van der Waals surface area contributed by atoms with Gasteiger partial charge in [0, 0.05) is 12.6 Å². The van der Waals surface area contributed by atoms with E-state index in [-0.39, 0.29) is 12.3 Å². The Labute approximate surface area is 167 Å². The topological polar surface area (TPSA) is 204 Å². The van der Waals surface area contributed by atoms with Crippen LogP contribution in [0.2, 0.25) is 0 Å². The van der Waals surface area contributed by atoms with Crippen molar-refractivity contribution in [1.82, 2.24) is 5.32 Å². The molecule has 0 saturated carbocycles. The average molecular weight is 416 g/mol. The minimum Gasteiger partial charge on any atom is -0.456 e. The number of ketones is 1. The molecule has 29 heavy (non-hydrogen) atoms. The van der Waals surface area contributed by atoms with Gasteiger partial charge in [-0.15, -0.1) is 0 Å². The van der Waals surface area contributed by atoms with Crippen molar-refractivity contribution in [2.75, 3.05) is 13.2 Å². The SMILES string of the molecule is CC(C)[C@H](N)C(=O)N[C@@H](CC1C=NC=N1)C(=O)OCC(=O)[C@@H](O)[C@H](O)[C@H](O)CO. The highest BCUT2D eigenvalue weighted by Crippen LogP contribution is 2.09. The number of nitrogens with one attached hydrogen (secondary N) is 1. The molecule has 6 atom stereocenters. The number of carbonyl (C=O) groups excluding carboxylic acids is 3. The second kappa shape index (κ2) is 11.7. The lowest BCUT2D eigenvalue weighted by molar-refractivity contribution is -0.157. The van der Waals surface area contributed by atoms with E-state index in [2.05, 4.69) is 15.3 Å². The number of aliphatic hydroxyl groups is 4. The maximum Gasteiger partial charge on any atom is 0.329 e. The third-order valence-corrected chi connectivity index (χ3v) is 4.27. The fourth-order valence-electron chi connectivity index (χ4n) is 2.29. The minimum atomic E-state index is -2.07. The zero-order chi connectivity index (χ0) is 22.1. The van der Waals surface area contributed by atoms with Crippen molar-refractivity contribution in [3.8, 4) is 0 Å². The molecular formula is C17H28N4O8. The van der Waals surface area contributed by atoms with Crippen LogP contribution in [0.5, 0.6) is 0 Å². The number of hydrogen-bond donors (Lipinski definition) is 6. The van der Waals surface area contributed by atoms with E-state index in [1.165, 1.54) is 12.6 Å². The molecular weight excluding hydrogens is 388 g/mol. The Morgan fingerprint density at radius 1 is 1.24 bits per heavy atom. The second-order valence-electron chi connectivity index (χ2n) is 6.96. The molecule has 0 aromatic heterocycles. The van der Waals surface area contributed by atoms with Gasteiger partial charge in [-0.25, -0.2) is 9.79 Å². The zero-order valence-electron chi connectivity index (χ0n) is 16.2. The van der Waals surface area contributed by atoms with Crippen LogP contribution in [0.4, 0.5) is 0 Å². The first kappa shape index (κ1) is 24.8. The summed E-state index contributed by atoms with van der Waals surface area (Å²) in [7, 11) is 0. The molecule has 1 aliphatic rings. The number of amides is 1. The Morgan fingerprint density at radius 3 is 2.41 bits per heavy atom. The van der Waals surface area contributed by atoms with Gasteiger partial charge in [-0.2, -0.15) is 0 Å². The van der Waals surface area contributed by atoms with Crippen molar-refractivity contribution in [3.63, 3.8) is 0 Å². The number of rotatable bonds is 12. The van der Waals surface area contributed by atoms with Crippen LogP contribution in [0.3, 0.4) is 0 Å². The fourth-order valence-corrected chi connectivity index (χ4v) is 2.29. The Hall–Kier alpha value is -2.25. The Bertz CT molecular complexity index is 627. The van der Waals surface area contributed by atoms with E-state index >= 15 is 0 Å². The molecule has 0 aromatic carbocycles. The monoisotopic (exact) mass is 416 g/mol. The summed E-state index contributed by atoms with van der Waals surface area (Å²) in [6.07, 6.45) is -2.99. The van der Waals surface area contributed by atoms with Crippen molar-refractivity contribution in [1.29, 1.82) is 0 Å². The summed E-state index contributed by atoms with van der Waals surface area (Å²) in [6.45, 7) is 1.67. The number of nitrogens with zero attached hydrogens (tertiary/aromatic N) is 2. The molecule has 0 bridgehead atoms. The lowest BCUT2D eigenvalue weighted by Gasteiger charge is -2.23. The molecule has 0 radical (unpaired) electrons. The van der Waals surface area contributed by atoms with Crippen LogP contribution in [-0.4, -0.2) is 100 Å². The third kappa shape index (κ3) is 7.59. The Kier molecular flexibility index (Phi) is 9.98. The van der Waals surface area contributed by atoms with Gasteiger partial charge in [0.1, 0.15) is 30.7 Å². The van der Waals surface area contributed by atoms with Crippen molar-refractivity contribution in [3.05, 3.63) is 0 Å². The maximum atomic E-state index is 12.4. The van der Waals surface area contributed by atoms with Crippen molar-refractivity contribution in [2.45, 2.75) is 56.7 Å². The van der Waals surface area contributed by atoms with E-state index in [1.54, 1.807) is 13.8 Å². The van der Waals surface area contributed by atoms with E-state index < -0.39 is 67.3 Å². The largest absolute Gasteiger partial charge is 0.456 e. The quantitative estimate of drug-likeness (QED) is 0.174. The molecule has 0 fully saturated rings. The first-order valence-electron chi connectivity index (χ1n) is 9.03. The maximum absolute atomic E-state index is 12.4. The summed E-state index contributed by atoms with van der Waals surface area (Å²) < 4.78 is 4.85. The standard InChI is InChI=1S/C17H28N4O8/c1-8(2)13(18)16(27)21-10(3-9-4-19-7-20-9)17(28)29-6-12(24)15(26)14(25)11(23)5-22/h4,7-11,13-15,22-23,25-26H,3,5-6,18H2,1-2H3,(H,21,27)/t9?,10-,11+,13-,14+,15+/m0/s1. The van der Waals surface area contributed by atoms with E-state index in [9.17, 15) is 29.7 Å². The predicted octanol–water partition coefficient (Wildman–Crippen LogP) is -3.49. The van der Waals surface area contributed by atoms with Crippen LogP contribution in [-0.2, 0) is 19.1 Å². The first-order chi connectivity index (χ1) is 13.6. The molecule has 1 amide bonds. The van der Waals surface area contributed by atoms with Crippen molar-refractivity contribution >= 4 is 30.2 Å². The van der Waals surface area contributed by atoms with Crippen LogP contribution in [0.25, 0.3) is 0 Å². The number of hydrogen-bond acceptors (Lipinski definition) is 11. The molecule has 1 rings (SSSR count). The highest BCUT2D eigenvalue weighted by Gasteiger charge is 2.32. The molecule has 1 unspecified atom stereocenters. The third-order valence-electron chi connectivity index (χ3n) is 4.27. The summed E-state index contributed by atoms with van der Waals surface area (Å²) in [5, 5.41) is 39.7. The smallest absolute Gasteiger partial charge is 0.329 e. The molecule has 0 saturated heterocycles. The average Bonchev–Trinajstić information content (AvgIpc) is 3.21.